The van der Waals surface area contributed by atoms with Gasteiger partial charge in [-0.3, -0.25) is 4.79 Å². The van der Waals surface area contributed by atoms with Crippen LogP contribution >= 0.6 is 0 Å². The molecule has 5 nitrogen and oxygen atoms in total. The first-order chi connectivity index (χ1) is 11.4. The summed E-state index contributed by atoms with van der Waals surface area (Å²) in [7, 11) is -3.68. The molecule has 2 rings (SSSR count). The highest BCUT2D eigenvalue weighted by Gasteiger charge is 2.16. The molecular weight excluding hydrogens is 324 g/mol. The van der Waals surface area contributed by atoms with E-state index < -0.39 is 10.0 Å². The van der Waals surface area contributed by atoms with Gasteiger partial charge in [-0.25, -0.2) is 13.1 Å². The molecule has 0 aliphatic carbocycles. The first-order valence-electron chi connectivity index (χ1n) is 7.87. The number of hydrogen-bond acceptors (Lipinski definition) is 3. The number of benzene rings is 2. The number of sulfonamides is 1. The molecule has 0 saturated carbocycles. The number of nitrogens with one attached hydrogen (secondary N) is 2. The molecule has 0 aliphatic rings. The molecule has 6 heteroatoms. The Labute approximate surface area is 143 Å². The maximum absolute atomic E-state index is 12.4. The highest BCUT2D eigenvalue weighted by Crippen LogP contribution is 2.13. The van der Waals surface area contributed by atoms with Crippen LogP contribution in [0.3, 0.4) is 0 Å². The maximum atomic E-state index is 12.4. The number of amides is 1. The van der Waals surface area contributed by atoms with Crippen LogP contribution in [-0.4, -0.2) is 20.4 Å². The number of carbonyl (C=O) groups is 1. The molecule has 24 heavy (non-hydrogen) atoms. The minimum absolute atomic E-state index is 0.0361. The van der Waals surface area contributed by atoms with E-state index in [0.717, 1.165) is 12.0 Å². The van der Waals surface area contributed by atoms with E-state index in [2.05, 4.69) is 10.0 Å². The Bertz CT molecular complexity index is 789. The van der Waals surface area contributed by atoms with Crippen molar-refractivity contribution < 1.29 is 13.2 Å². The lowest BCUT2D eigenvalue weighted by Crippen LogP contribution is -2.32. The topological polar surface area (TPSA) is 75.3 Å². The van der Waals surface area contributed by atoms with Crippen molar-refractivity contribution in [3.63, 3.8) is 0 Å². The number of hydrogen-bond donors (Lipinski definition) is 2. The Morgan fingerprint density at radius 3 is 2.46 bits per heavy atom. The molecule has 0 spiro atoms. The van der Waals surface area contributed by atoms with Gasteiger partial charge in [-0.1, -0.05) is 43.3 Å². The third-order valence-corrected chi connectivity index (χ3v) is 5.10. The van der Waals surface area contributed by atoms with E-state index in [1.54, 1.807) is 12.1 Å². The van der Waals surface area contributed by atoms with Gasteiger partial charge in [0.1, 0.15) is 0 Å². The van der Waals surface area contributed by atoms with Gasteiger partial charge in [0.05, 0.1) is 4.90 Å². The SMILES string of the molecule is CCC(C)NC(=O)c1cccc(S(=O)(=O)NCc2ccccc2)c1. The Hall–Kier alpha value is -2.18. The van der Waals surface area contributed by atoms with Crippen LogP contribution in [-0.2, 0) is 16.6 Å². The van der Waals surface area contributed by atoms with Crippen LogP contribution in [0.2, 0.25) is 0 Å². The van der Waals surface area contributed by atoms with Crippen LogP contribution < -0.4 is 10.0 Å². The van der Waals surface area contributed by atoms with E-state index >= 15 is 0 Å². The van der Waals surface area contributed by atoms with Gasteiger partial charge < -0.3 is 5.32 Å². The van der Waals surface area contributed by atoms with Crippen LogP contribution in [0.1, 0.15) is 36.2 Å². The van der Waals surface area contributed by atoms with Crippen molar-refractivity contribution in [3.8, 4) is 0 Å². The van der Waals surface area contributed by atoms with Gasteiger partial charge in [-0.15, -0.1) is 0 Å². The van der Waals surface area contributed by atoms with Crippen LogP contribution in [0.15, 0.2) is 59.5 Å². The van der Waals surface area contributed by atoms with E-state index in [1.807, 2.05) is 44.2 Å². The van der Waals surface area contributed by atoms with E-state index in [0.29, 0.717) is 5.56 Å². The lowest BCUT2D eigenvalue weighted by molar-refractivity contribution is 0.0939. The molecule has 0 bridgehead atoms. The maximum Gasteiger partial charge on any atom is 0.251 e. The summed E-state index contributed by atoms with van der Waals surface area (Å²) >= 11 is 0. The van der Waals surface area contributed by atoms with E-state index in [9.17, 15) is 13.2 Å². The fourth-order valence-corrected chi connectivity index (χ4v) is 3.13. The van der Waals surface area contributed by atoms with Gasteiger partial charge in [0.2, 0.25) is 10.0 Å². The first-order valence-corrected chi connectivity index (χ1v) is 9.35. The molecule has 1 amide bonds. The molecule has 0 fully saturated rings. The number of rotatable bonds is 7. The van der Waals surface area contributed by atoms with Gasteiger partial charge >= 0.3 is 0 Å². The summed E-state index contributed by atoms with van der Waals surface area (Å²) in [6.45, 7) is 4.08. The van der Waals surface area contributed by atoms with Crippen molar-refractivity contribution in [2.75, 3.05) is 0 Å². The van der Waals surface area contributed by atoms with Crippen molar-refractivity contribution in [1.82, 2.24) is 10.0 Å². The standard InChI is InChI=1S/C18H22N2O3S/c1-3-14(2)20-18(21)16-10-7-11-17(12-16)24(22,23)19-13-15-8-5-4-6-9-15/h4-12,14,19H,3,13H2,1-2H3,(H,20,21). The minimum atomic E-state index is -3.68. The highest BCUT2D eigenvalue weighted by molar-refractivity contribution is 7.89. The summed E-state index contributed by atoms with van der Waals surface area (Å²) in [4.78, 5) is 12.2. The van der Waals surface area contributed by atoms with Crippen LogP contribution in [0, 0.1) is 0 Å². The average Bonchev–Trinajstić information content (AvgIpc) is 2.61. The molecule has 1 unspecified atom stereocenters. The summed E-state index contributed by atoms with van der Waals surface area (Å²) in [5, 5.41) is 2.83. The lowest BCUT2D eigenvalue weighted by atomic mass is 10.2. The molecule has 128 valence electrons. The molecule has 2 aromatic rings. The largest absolute Gasteiger partial charge is 0.350 e. The zero-order valence-electron chi connectivity index (χ0n) is 13.8. The molecule has 0 heterocycles. The predicted molar refractivity (Wildman–Crippen MR) is 94.1 cm³/mol. The summed E-state index contributed by atoms with van der Waals surface area (Å²) in [6.07, 6.45) is 0.808. The second-order valence-corrected chi connectivity index (χ2v) is 7.39. The molecule has 2 N–H and O–H groups in total. The van der Waals surface area contributed by atoms with Crippen LogP contribution in [0.25, 0.3) is 0 Å². The highest BCUT2D eigenvalue weighted by atomic mass is 32.2. The quantitative estimate of drug-likeness (QED) is 0.809. The normalized spacial score (nSPS) is 12.6. The van der Waals surface area contributed by atoms with Crippen LogP contribution in [0.4, 0.5) is 0 Å². The van der Waals surface area contributed by atoms with E-state index in [4.69, 9.17) is 0 Å². The van der Waals surface area contributed by atoms with Crippen LogP contribution in [0.5, 0.6) is 0 Å². The fraction of sp³-hybridized carbons (Fsp3) is 0.278. The van der Waals surface area contributed by atoms with Crippen molar-refractivity contribution in [2.45, 2.75) is 37.8 Å². The Kier molecular flexibility index (Phi) is 6.11. The summed E-state index contributed by atoms with van der Waals surface area (Å²) in [6, 6.07) is 15.4. The van der Waals surface area contributed by atoms with Gasteiger partial charge in [0.25, 0.3) is 5.91 Å². The molecule has 1 atom stereocenters. The molecule has 2 aromatic carbocycles. The minimum Gasteiger partial charge on any atom is -0.350 e. The predicted octanol–water partition coefficient (Wildman–Crippen LogP) is 2.69. The smallest absolute Gasteiger partial charge is 0.251 e. The van der Waals surface area contributed by atoms with Crippen molar-refractivity contribution in [3.05, 3.63) is 65.7 Å². The Morgan fingerprint density at radius 2 is 1.79 bits per heavy atom. The van der Waals surface area contributed by atoms with Crippen molar-refractivity contribution in [2.24, 2.45) is 0 Å². The fourth-order valence-electron chi connectivity index (χ4n) is 2.07. The van der Waals surface area contributed by atoms with Gasteiger partial charge in [-0.05, 0) is 37.1 Å². The first kappa shape index (κ1) is 18.2. The molecule has 0 saturated heterocycles. The zero-order valence-corrected chi connectivity index (χ0v) is 14.6. The average molecular weight is 346 g/mol. The zero-order chi connectivity index (χ0) is 17.6. The third kappa shape index (κ3) is 4.91. The number of carbonyl (C=O) groups excluding carboxylic acids is 1. The molecular formula is C18H22N2O3S. The van der Waals surface area contributed by atoms with E-state index in [-0.39, 0.29) is 23.4 Å². The molecule has 0 aromatic heterocycles. The second kappa shape index (κ2) is 8.08. The van der Waals surface area contributed by atoms with Crippen molar-refractivity contribution in [1.29, 1.82) is 0 Å². The van der Waals surface area contributed by atoms with Gasteiger partial charge in [0, 0.05) is 18.2 Å². The summed E-state index contributed by atoms with van der Waals surface area (Å²) in [5.41, 5.74) is 1.20. The third-order valence-electron chi connectivity index (χ3n) is 3.71. The van der Waals surface area contributed by atoms with Gasteiger partial charge in [-0.2, -0.15) is 0 Å². The summed E-state index contributed by atoms with van der Waals surface area (Å²) in [5.74, 6) is -0.274. The Morgan fingerprint density at radius 1 is 1.08 bits per heavy atom. The van der Waals surface area contributed by atoms with E-state index in [1.165, 1.54) is 12.1 Å². The second-order valence-electron chi connectivity index (χ2n) is 5.62. The Balaban J connectivity index is 2.13. The molecule has 0 aliphatic heterocycles. The monoisotopic (exact) mass is 346 g/mol. The molecule has 0 radical (unpaired) electrons. The lowest BCUT2D eigenvalue weighted by Gasteiger charge is -2.12. The summed E-state index contributed by atoms with van der Waals surface area (Å²) < 4.78 is 27.4. The van der Waals surface area contributed by atoms with Gasteiger partial charge in [0.15, 0.2) is 0 Å². The van der Waals surface area contributed by atoms with Crippen molar-refractivity contribution >= 4 is 15.9 Å².